The predicted octanol–water partition coefficient (Wildman–Crippen LogP) is 4.07. The molecule has 1 aromatic rings. The average Bonchev–Trinajstić information content (AvgIpc) is 3.20. The van der Waals surface area contributed by atoms with Gasteiger partial charge in [-0.1, -0.05) is 27.7 Å². The number of carbonyl (C=O) groups is 1. The van der Waals surface area contributed by atoms with Crippen LogP contribution in [0.2, 0.25) is 0 Å². The van der Waals surface area contributed by atoms with Crippen molar-refractivity contribution in [1.29, 1.82) is 0 Å². The van der Waals surface area contributed by atoms with E-state index < -0.39 is 12.5 Å². The fourth-order valence-corrected chi connectivity index (χ4v) is 4.67. The van der Waals surface area contributed by atoms with Gasteiger partial charge in [0.1, 0.15) is 11.9 Å². The highest BCUT2D eigenvalue weighted by atomic mass is 19.3. The van der Waals surface area contributed by atoms with Crippen molar-refractivity contribution in [3.63, 3.8) is 0 Å². The van der Waals surface area contributed by atoms with Crippen LogP contribution in [0.3, 0.4) is 0 Å². The van der Waals surface area contributed by atoms with E-state index in [9.17, 15) is 13.6 Å². The summed E-state index contributed by atoms with van der Waals surface area (Å²) >= 11 is 0. The molecule has 2 fully saturated rings. The number of piperidine rings is 1. The van der Waals surface area contributed by atoms with Gasteiger partial charge in [0.25, 0.3) is 6.43 Å². The molecule has 1 amide bonds. The number of rotatable bonds is 3. The molecule has 0 bridgehead atoms. The molecule has 1 aromatic heterocycles. The number of aromatic nitrogens is 2. The molecule has 1 N–H and O–H groups in total. The van der Waals surface area contributed by atoms with E-state index in [-0.39, 0.29) is 17.4 Å². The summed E-state index contributed by atoms with van der Waals surface area (Å²) in [5.41, 5.74) is 0.653. The highest BCUT2D eigenvalue weighted by molar-refractivity contribution is 5.81. The highest BCUT2D eigenvalue weighted by Crippen LogP contribution is 2.41. The van der Waals surface area contributed by atoms with Crippen molar-refractivity contribution in [2.75, 3.05) is 18.4 Å². The van der Waals surface area contributed by atoms with E-state index in [1.54, 1.807) is 0 Å². The van der Waals surface area contributed by atoms with Crippen LogP contribution in [-0.4, -0.2) is 46.1 Å². The zero-order chi connectivity index (χ0) is 20.2. The molecule has 3 heterocycles. The molecule has 0 radical (unpaired) electrons. The van der Waals surface area contributed by atoms with Gasteiger partial charge in [0.15, 0.2) is 0 Å². The first kappa shape index (κ1) is 19.6. The number of fused-ring (bicyclic) bond motifs is 1. The average molecular weight is 395 g/mol. The lowest BCUT2D eigenvalue weighted by molar-refractivity contribution is -0.134. The number of halogens is 2. The third-order valence-corrected chi connectivity index (χ3v) is 6.78. The molecule has 1 saturated carbocycles. The van der Waals surface area contributed by atoms with Crippen LogP contribution in [0.25, 0.3) is 0 Å². The van der Waals surface area contributed by atoms with Gasteiger partial charge in [-0.15, -0.1) is 0 Å². The number of likely N-dealkylation sites (tertiary alicyclic amines) is 1. The first-order chi connectivity index (χ1) is 13.1. The molecular weight excluding hydrogens is 362 g/mol. The molecule has 4 atom stereocenters. The van der Waals surface area contributed by atoms with Crippen molar-refractivity contribution in [2.45, 2.75) is 77.3 Å². The van der Waals surface area contributed by atoms with Gasteiger partial charge in [-0.25, -0.2) is 13.5 Å². The van der Waals surface area contributed by atoms with Crippen LogP contribution in [0.1, 0.15) is 65.1 Å². The quantitative estimate of drug-likeness (QED) is 0.841. The fraction of sp³-hybridized carbons (Fsp3) is 0.810. The molecule has 0 spiro atoms. The maximum absolute atomic E-state index is 13.8. The Labute approximate surface area is 165 Å². The van der Waals surface area contributed by atoms with Crippen LogP contribution < -0.4 is 5.32 Å². The summed E-state index contributed by atoms with van der Waals surface area (Å²) in [6.45, 7) is 9.76. The van der Waals surface area contributed by atoms with E-state index in [4.69, 9.17) is 0 Å². The van der Waals surface area contributed by atoms with Crippen LogP contribution in [0, 0.1) is 17.8 Å². The summed E-state index contributed by atoms with van der Waals surface area (Å²) in [5.74, 6) is 2.05. The van der Waals surface area contributed by atoms with Crippen LogP contribution in [0.4, 0.5) is 14.6 Å². The molecular formula is C21H32F2N4O. The first-order valence-corrected chi connectivity index (χ1v) is 10.6. The van der Waals surface area contributed by atoms with E-state index in [1.165, 1.54) is 4.68 Å². The first-order valence-electron chi connectivity index (χ1n) is 10.6. The van der Waals surface area contributed by atoms with Crippen molar-refractivity contribution in [2.24, 2.45) is 17.8 Å². The molecule has 5 nitrogen and oxygen atoms in total. The maximum Gasteiger partial charge on any atom is 0.260 e. The molecule has 4 rings (SSSR count). The second-order valence-electron chi connectivity index (χ2n) is 9.98. The number of carbonyl (C=O) groups excluding carboxylic acids is 1. The van der Waals surface area contributed by atoms with Crippen LogP contribution >= 0.6 is 0 Å². The summed E-state index contributed by atoms with van der Waals surface area (Å²) in [6.07, 6.45) is 0.712. The Kier molecular flexibility index (Phi) is 4.91. The summed E-state index contributed by atoms with van der Waals surface area (Å²) < 4.78 is 29.1. The van der Waals surface area contributed by atoms with E-state index >= 15 is 0 Å². The Hall–Kier alpha value is -1.66. The standard InChI is InChI=1S/C21H32F2N4O/c1-12-9-14(12)20(28)26-7-5-13(6-8-26)15-10-16(19(22)23)27-18(24-15)11-17(25-27)21(2,3)4/h11-16,19,24H,5-10H2,1-4H3/t12-,14-,15-,16+/m0/s1. The molecule has 156 valence electrons. The van der Waals surface area contributed by atoms with Gasteiger partial charge in [0.2, 0.25) is 5.91 Å². The molecule has 1 aliphatic carbocycles. The van der Waals surface area contributed by atoms with E-state index in [0.717, 1.165) is 38.0 Å². The number of hydrogen-bond acceptors (Lipinski definition) is 3. The van der Waals surface area contributed by atoms with Crippen molar-refractivity contribution in [3.05, 3.63) is 11.8 Å². The number of hydrogen-bond donors (Lipinski definition) is 1. The lowest BCUT2D eigenvalue weighted by atomic mass is 9.84. The van der Waals surface area contributed by atoms with Crippen molar-refractivity contribution < 1.29 is 13.6 Å². The third kappa shape index (κ3) is 3.64. The molecule has 1 saturated heterocycles. The minimum Gasteiger partial charge on any atom is -0.367 e. The Bertz CT molecular complexity index is 733. The van der Waals surface area contributed by atoms with Crippen LogP contribution in [0.5, 0.6) is 0 Å². The largest absolute Gasteiger partial charge is 0.367 e. The fourth-order valence-electron chi connectivity index (χ4n) is 4.67. The summed E-state index contributed by atoms with van der Waals surface area (Å²) in [5, 5.41) is 7.99. The summed E-state index contributed by atoms with van der Waals surface area (Å²) in [7, 11) is 0. The Balaban J connectivity index is 1.45. The number of anilines is 1. The molecule has 0 aromatic carbocycles. The third-order valence-electron chi connectivity index (χ3n) is 6.78. The number of amides is 1. The number of nitrogens with zero attached hydrogens (tertiary/aromatic N) is 3. The predicted molar refractivity (Wildman–Crippen MR) is 105 cm³/mol. The van der Waals surface area contributed by atoms with Gasteiger partial charge in [-0.3, -0.25) is 4.79 Å². The molecule has 0 unspecified atom stereocenters. The van der Waals surface area contributed by atoms with Gasteiger partial charge in [0.05, 0.1) is 5.69 Å². The Morgan fingerprint density at radius 1 is 1.25 bits per heavy atom. The van der Waals surface area contributed by atoms with E-state index in [1.807, 2.05) is 31.7 Å². The minimum absolute atomic E-state index is 0.00752. The van der Waals surface area contributed by atoms with Crippen LogP contribution in [-0.2, 0) is 10.2 Å². The second kappa shape index (κ2) is 6.99. The highest BCUT2D eigenvalue weighted by Gasteiger charge is 2.43. The maximum atomic E-state index is 13.8. The normalized spacial score (nSPS) is 30.9. The van der Waals surface area contributed by atoms with Crippen molar-refractivity contribution in [1.82, 2.24) is 14.7 Å². The molecule has 3 aliphatic rings. The molecule has 7 heteroatoms. The zero-order valence-corrected chi connectivity index (χ0v) is 17.3. The zero-order valence-electron chi connectivity index (χ0n) is 17.3. The second-order valence-corrected chi connectivity index (χ2v) is 9.98. The van der Waals surface area contributed by atoms with Crippen molar-refractivity contribution in [3.8, 4) is 0 Å². The SMILES string of the molecule is C[C@H]1C[C@@H]1C(=O)N1CCC([C@@H]2C[C@H](C(F)F)n3nc(C(C)(C)C)cc3N2)CC1. The monoisotopic (exact) mass is 394 g/mol. The smallest absolute Gasteiger partial charge is 0.260 e. The van der Waals surface area contributed by atoms with Crippen molar-refractivity contribution >= 4 is 11.7 Å². The van der Waals surface area contributed by atoms with Gasteiger partial charge in [0, 0.05) is 36.5 Å². The van der Waals surface area contributed by atoms with Gasteiger partial charge in [-0.05, 0) is 37.5 Å². The van der Waals surface area contributed by atoms with Gasteiger partial charge >= 0.3 is 0 Å². The van der Waals surface area contributed by atoms with E-state index in [0.29, 0.717) is 30.0 Å². The number of alkyl halides is 2. The Morgan fingerprint density at radius 2 is 1.89 bits per heavy atom. The topological polar surface area (TPSA) is 50.2 Å². The summed E-state index contributed by atoms with van der Waals surface area (Å²) in [4.78, 5) is 14.4. The van der Waals surface area contributed by atoms with E-state index in [2.05, 4.69) is 17.3 Å². The Morgan fingerprint density at radius 3 is 2.43 bits per heavy atom. The lowest BCUT2D eigenvalue weighted by Crippen LogP contribution is -2.46. The van der Waals surface area contributed by atoms with Crippen LogP contribution in [0.15, 0.2) is 6.07 Å². The van der Waals surface area contributed by atoms with Gasteiger partial charge < -0.3 is 10.2 Å². The minimum atomic E-state index is -2.44. The molecule has 28 heavy (non-hydrogen) atoms. The number of nitrogens with one attached hydrogen (secondary N) is 1. The molecule has 2 aliphatic heterocycles. The van der Waals surface area contributed by atoms with Gasteiger partial charge in [-0.2, -0.15) is 5.10 Å². The lowest BCUT2D eigenvalue weighted by Gasteiger charge is -2.40. The summed E-state index contributed by atoms with van der Waals surface area (Å²) in [6, 6.07) is 1.05.